The summed E-state index contributed by atoms with van der Waals surface area (Å²) in [5.41, 5.74) is 2.55. The zero-order chi connectivity index (χ0) is 19.1. The van der Waals surface area contributed by atoms with Crippen molar-refractivity contribution in [1.29, 1.82) is 0 Å². The van der Waals surface area contributed by atoms with Crippen LogP contribution < -0.4 is 10.1 Å². The van der Waals surface area contributed by atoms with Crippen molar-refractivity contribution in [3.05, 3.63) is 100 Å². The Labute approximate surface area is 168 Å². The van der Waals surface area contributed by atoms with Gasteiger partial charge in [0.15, 0.2) is 0 Å². The van der Waals surface area contributed by atoms with Gasteiger partial charge in [0.1, 0.15) is 12.4 Å². The SMILES string of the molecule is O=C(/C=C/c1ccc(OCc2ccccc2)cc1)Nc1cc(Cl)cc(Cl)c1. The molecule has 0 spiro atoms. The fourth-order valence-corrected chi connectivity index (χ4v) is 2.92. The molecule has 27 heavy (non-hydrogen) atoms. The number of halogens is 2. The molecule has 0 saturated carbocycles. The maximum atomic E-state index is 12.0. The first-order valence-electron chi connectivity index (χ1n) is 8.30. The number of rotatable bonds is 6. The summed E-state index contributed by atoms with van der Waals surface area (Å²) in [7, 11) is 0. The lowest BCUT2D eigenvalue weighted by Gasteiger charge is -2.06. The standard InChI is InChI=1S/C22H17Cl2NO2/c23-18-12-19(24)14-20(13-18)25-22(26)11-8-16-6-9-21(10-7-16)27-15-17-4-2-1-3-5-17/h1-14H,15H2,(H,25,26)/b11-8+. The largest absolute Gasteiger partial charge is 0.489 e. The van der Waals surface area contributed by atoms with Crippen LogP contribution in [0.5, 0.6) is 5.75 Å². The molecular weight excluding hydrogens is 381 g/mol. The number of nitrogens with one attached hydrogen (secondary N) is 1. The summed E-state index contributed by atoms with van der Waals surface area (Å²) in [5, 5.41) is 3.66. The molecule has 0 aliphatic carbocycles. The number of hydrogen-bond acceptors (Lipinski definition) is 2. The van der Waals surface area contributed by atoms with Crippen LogP contribution in [0.3, 0.4) is 0 Å². The highest BCUT2D eigenvalue weighted by molar-refractivity contribution is 6.35. The van der Waals surface area contributed by atoms with Crippen molar-refractivity contribution < 1.29 is 9.53 Å². The number of ether oxygens (including phenoxy) is 1. The van der Waals surface area contributed by atoms with E-state index in [2.05, 4.69) is 5.32 Å². The van der Waals surface area contributed by atoms with Gasteiger partial charge in [0.2, 0.25) is 5.91 Å². The van der Waals surface area contributed by atoms with E-state index in [0.717, 1.165) is 16.9 Å². The second-order valence-corrected chi connectivity index (χ2v) is 6.70. The molecule has 0 radical (unpaired) electrons. The molecule has 0 atom stereocenters. The highest BCUT2D eigenvalue weighted by Crippen LogP contribution is 2.22. The summed E-state index contributed by atoms with van der Waals surface area (Å²) < 4.78 is 5.75. The van der Waals surface area contributed by atoms with Gasteiger partial charge < -0.3 is 10.1 Å². The van der Waals surface area contributed by atoms with Gasteiger partial charge in [-0.25, -0.2) is 0 Å². The second-order valence-electron chi connectivity index (χ2n) is 5.82. The van der Waals surface area contributed by atoms with Crippen molar-refractivity contribution in [2.45, 2.75) is 6.61 Å². The van der Waals surface area contributed by atoms with E-state index in [1.54, 1.807) is 24.3 Å². The van der Waals surface area contributed by atoms with Crippen LogP contribution in [-0.2, 0) is 11.4 Å². The zero-order valence-electron chi connectivity index (χ0n) is 14.4. The predicted octanol–water partition coefficient (Wildman–Crippen LogP) is 6.22. The molecule has 1 amide bonds. The first-order valence-corrected chi connectivity index (χ1v) is 9.06. The van der Waals surface area contributed by atoms with Crippen LogP contribution in [0.4, 0.5) is 5.69 Å². The smallest absolute Gasteiger partial charge is 0.248 e. The second kappa shape index (κ2) is 9.26. The number of hydrogen-bond donors (Lipinski definition) is 1. The van der Waals surface area contributed by atoms with Gasteiger partial charge >= 0.3 is 0 Å². The summed E-state index contributed by atoms with van der Waals surface area (Å²) in [6, 6.07) is 22.4. The monoisotopic (exact) mass is 397 g/mol. The molecule has 0 aromatic heterocycles. The van der Waals surface area contributed by atoms with E-state index in [1.165, 1.54) is 6.08 Å². The Bertz CT molecular complexity index is 918. The van der Waals surface area contributed by atoms with E-state index < -0.39 is 0 Å². The van der Waals surface area contributed by atoms with Crippen LogP contribution in [0.25, 0.3) is 6.08 Å². The quantitative estimate of drug-likeness (QED) is 0.501. The van der Waals surface area contributed by atoms with Gasteiger partial charge in [0.05, 0.1) is 0 Å². The lowest BCUT2D eigenvalue weighted by atomic mass is 10.2. The molecule has 3 aromatic carbocycles. The van der Waals surface area contributed by atoms with Crippen molar-refractivity contribution in [3.63, 3.8) is 0 Å². The summed E-state index contributed by atoms with van der Waals surface area (Å²) in [4.78, 5) is 12.0. The Kier molecular flexibility index (Phi) is 6.53. The Morgan fingerprint density at radius 1 is 0.926 bits per heavy atom. The summed E-state index contributed by atoms with van der Waals surface area (Å²) >= 11 is 11.8. The normalized spacial score (nSPS) is 10.7. The first-order chi connectivity index (χ1) is 13.1. The van der Waals surface area contributed by atoms with Crippen molar-refractivity contribution in [2.75, 3.05) is 5.32 Å². The summed E-state index contributed by atoms with van der Waals surface area (Å²) in [6.45, 7) is 0.515. The van der Waals surface area contributed by atoms with Gasteiger partial charge in [-0.05, 0) is 47.5 Å². The number of amides is 1. The van der Waals surface area contributed by atoms with E-state index in [9.17, 15) is 4.79 Å². The minimum Gasteiger partial charge on any atom is -0.489 e. The van der Waals surface area contributed by atoms with Gasteiger partial charge in [-0.2, -0.15) is 0 Å². The molecule has 0 fully saturated rings. The molecule has 3 aromatic rings. The molecule has 0 aliphatic rings. The third kappa shape index (κ3) is 6.17. The van der Waals surface area contributed by atoms with Gasteiger partial charge in [-0.1, -0.05) is 65.7 Å². The third-order valence-corrected chi connectivity index (χ3v) is 4.12. The molecule has 0 unspecified atom stereocenters. The third-order valence-electron chi connectivity index (χ3n) is 3.69. The van der Waals surface area contributed by atoms with Crippen LogP contribution in [0.1, 0.15) is 11.1 Å². The molecule has 0 aliphatic heterocycles. The van der Waals surface area contributed by atoms with Gasteiger partial charge in [0, 0.05) is 21.8 Å². The van der Waals surface area contributed by atoms with Gasteiger partial charge in [-0.15, -0.1) is 0 Å². The Balaban J connectivity index is 1.54. The number of anilines is 1. The number of carbonyl (C=O) groups is 1. The number of carbonyl (C=O) groups excluding carboxylic acids is 1. The molecule has 3 rings (SSSR count). The summed E-state index contributed by atoms with van der Waals surface area (Å²) in [6.07, 6.45) is 3.18. The highest BCUT2D eigenvalue weighted by atomic mass is 35.5. The minimum atomic E-state index is -0.266. The molecule has 1 N–H and O–H groups in total. The lowest BCUT2D eigenvalue weighted by Crippen LogP contribution is -2.07. The highest BCUT2D eigenvalue weighted by Gasteiger charge is 2.02. The molecule has 0 saturated heterocycles. The van der Waals surface area contributed by atoms with Crippen molar-refractivity contribution >= 4 is 40.9 Å². The zero-order valence-corrected chi connectivity index (χ0v) is 15.9. The van der Waals surface area contributed by atoms with Crippen molar-refractivity contribution in [1.82, 2.24) is 0 Å². The van der Waals surface area contributed by atoms with Gasteiger partial charge in [0.25, 0.3) is 0 Å². The van der Waals surface area contributed by atoms with Crippen molar-refractivity contribution in [3.8, 4) is 5.75 Å². The Morgan fingerprint density at radius 2 is 1.59 bits per heavy atom. The number of benzene rings is 3. The maximum Gasteiger partial charge on any atom is 0.248 e. The molecule has 0 bridgehead atoms. The fourth-order valence-electron chi connectivity index (χ4n) is 2.40. The molecule has 0 heterocycles. The van der Waals surface area contributed by atoms with E-state index in [1.807, 2.05) is 54.6 Å². The van der Waals surface area contributed by atoms with Crippen LogP contribution in [0, 0.1) is 0 Å². The maximum absolute atomic E-state index is 12.0. The van der Waals surface area contributed by atoms with E-state index >= 15 is 0 Å². The van der Waals surface area contributed by atoms with E-state index in [4.69, 9.17) is 27.9 Å². The molecule has 5 heteroatoms. The molecular formula is C22H17Cl2NO2. The topological polar surface area (TPSA) is 38.3 Å². The average Bonchev–Trinajstić information content (AvgIpc) is 2.65. The Morgan fingerprint density at radius 3 is 2.26 bits per heavy atom. The molecule has 136 valence electrons. The van der Waals surface area contributed by atoms with E-state index in [-0.39, 0.29) is 5.91 Å². The van der Waals surface area contributed by atoms with Crippen LogP contribution in [0.2, 0.25) is 10.0 Å². The molecule has 3 nitrogen and oxygen atoms in total. The lowest BCUT2D eigenvalue weighted by molar-refractivity contribution is -0.111. The predicted molar refractivity (Wildman–Crippen MR) is 111 cm³/mol. The van der Waals surface area contributed by atoms with Crippen LogP contribution in [0.15, 0.2) is 78.9 Å². The van der Waals surface area contributed by atoms with Crippen LogP contribution >= 0.6 is 23.2 Å². The van der Waals surface area contributed by atoms with E-state index in [0.29, 0.717) is 22.3 Å². The minimum absolute atomic E-state index is 0.266. The fraction of sp³-hybridized carbons (Fsp3) is 0.0455. The average molecular weight is 398 g/mol. The van der Waals surface area contributed by atoms with Gasteiger partial charge in [-0.3, -0.25) is 4.79 Å². The Hall–Kier alpha value is -2.75. The summed E-state index contributed by atoms with van der Waals surface area (Å²) in [5.74, 6) is 0.506. The van der Waals surface area contributed by atoms with Crippen molar-refractivity contribution in [2.24, 2.45) is 0 Å². The first kappa shape index (κ1) is 19.0. The van der Waals surface area contributed by atoms with Crippen LogP contribution in [-0.4, -0.2) is 5.91 Å².